The van der Waals surface area contributed by atoms with E-state index in [2.05, 4.69) is 5.32 Å². The number of carboxylic acids is 1. The summed E-state index contributed by atoms with van der Waals surface area (Å²) in [7, 11) is 0. The van der Waals surface area contributed by atoms with E-state index in [4.69, 9.17) is 5.11 Å². The van der Waals surface area contributed by atoms with Crippen LogP contribution >= 0.6 is 0 Å². The zero-order chi connectivity index (χ0) is 17.7. The van der Waals surface area contributed by atoms with Gasteiger partial charge in [0.25, 0.3) is 5.91 Å². The molecule has 1 heterocycles. The minimum Gasteiger partial charge on any atom is -0.481 e. The summed E-state index contributed by atoms with van der Waals surface area (Å²) in [5.74, 6) is -2.21. The van der Waals surface area contributed by atoms with Gasteiger partial charge in [-0.1, -0.05) is 0 Å². The molecule has 0 aromatic heterocycles. The summed E-state index contributed by atoms with van der Waals surface area (Å²) < 4.78 is 13.0. The predicted molar refractivity (Wildman–Crippen MR) is 84.9 cm³/mol. The number of nitrogens with zero attached hydrogens (tertiary/aromatic N) is 1. The van der Waals surface area contributed by atoms with Crippen LogP contribution in [0.2, 0.25) is 0 Å². The van der Waals surface area contributed by atoms with Crippen LogP contribution in [0.15, 0.2) is 24.3 Å². The molecule has 2 rings (SSSR count). The number of amides is 2. The van der Waals surface area contributed by atoms with Crippen molar-refractivity contribution in [2.45, 2.75) is 32.2 Å². The van der Waals surface area contributed by atoms with E-state index in [1.54, 1.807) is 11.8 Å². The van der Waals surface area contributed by atoms with Gasteiger partial charge in [-0.05, 0) is 44.0 Å². The summed E-state index contributed by atoms with van der Waals surface area (Å²) in [5, 5.41) is 11.4. The number of carboxylic acid groups (broad SMARTS) is 1. The number of benzene rings is 1. The lowest BCUT2D eigenvalue weighted by Gasteiger charge is -2.32. The predicted octanol–water partition coefficient (Wildman–Crippen LogP) is 1.66. The van der Waals surface area contributed by atoms with Gasteiger partial charge in [0, 0.05) is 24.7 Å². The molecule has 0 spiro atoms. The number of halogens is 1. The normalized spacial score (nSPS) is 18.8. The third kappa shape index (κ3) is 4.78. The zero-order valence-corrected chi connectivity index (χ0v) is 13.5. The molecule has 130 valence electrons. The summed E-state index contributed by atoms with van der Waals surface area (Å²) in [6.07, 6.45) is 1.20. The van der Waals surface area contributed by atoms with Gasteiger partial charge in [0.1, 0.15) is 5.82 Å². The molecule has 1 aromatic rings. The molecule has 2 N–H and O–H groups in total. The number of hydrogen-bond acceptors (Lipinski definition) is 3. The largest absolute Gasteiger partial charge is 0.481 e. The molecule has 1 aliphatic rings. The van der Waals surface area contributed by atoms with Gasteiger partial charge in [-0.3, -0.25) is 14.4 Å². The molecule has 1 fully saturated rings. The molecular formula is C17H21FN2O4. The van der Waals surface area contributed by atoms with Crippen LogP contribution in [0.4, 0.5) is 4.39 Å². The van der Waals surface area contributed by atoms with E-state index in [0.717, 1.165) is 0 Å². The summed E-state index contributed by atoms with van der Waals surface area (Å²) >= 11 is 0. The maximum Gasteiger partial charge on any atom is 0.305 e. The standard InChI is InChI=1S/C17H21FN2O4/c1-11(9-15(21)22)19-16(23)13-3-2-8-20(10-13)17(24)12-4-6-14(18)7-5-12/h4-7,11,13H,2-3,8-10H2,1H3,(H,19,23)(H,21,22). The van der Waals surface area contributed by atoms with Crippen LogP contribution < -0.4 is 5.32 Å². The summed E-state index contributed by atoms with van der Waals surface area (Å²) in [6, 6.07) is 4.86. The Hall–Kier alpha value is -2.44. The molecule has 0 radical (unpaired) electrons. The number of nitrogens with one attached hydrogen (secondary N) is 1. The quantitative estimate of drug-likeness (QED) is 0.856. The Morgan fingerprint density at radius 3 is 2.62 bits per heavy atom. The maximum atomic E-state index is 13.0. The Kier molecular flexibility index (Phi) is 5.89. The van der Waals surface area contributed by atoms with Crippen molar-refractivity contribution in [1.29, 1.82) is 0 Å². The summed E-state index contributed by atoms with van der Waals surface area (Å²) in [5.41, 5.74) is 0.386. The Morgan fingerprint density at radius 2 is 2.00 bits per heavy atom. The second kappa shape index (κ2) is 7.90. The number of rotatable bonds is 5. The Balaban J connectivity index is 1.95. The van der Waals surface area contributed by atoms with Gasteiger partial charge in [-0.2, -0.15) is 0 Å². The molecule has 24 heavy (non-hydrogen) atoms. The molecule has 7 heteroatoms. The van der Waals surface area contributed by atoms with Gasteiger partial charge < -0.3 is 15.3 Å². The van der Waals surface area contributed by atoms with E-state index in [-0.39, 0.29) is 30.7 Å². The first-order chi connectivity index (χ1) is 11.4. The molecule has 2 amide bonds. The number of likely N-dealkylation sites (tertiary alicyclic amines) is 1. The fraction of sp³-hybridized carbons (Fsp3) is 0.471. The highest BCUT2D eigenvalue weighted by molar-refractivity contribution is 5.94. The molecule has 1 saturated heterocycles. The summed E-state index contributed by atoms with van der Waals surface area (Å²) in [4.78, 5) is 36.9. The molecule has 1 aromatic carbocycles. The Labute approximate surface area is 139 Å². The fourth-order valence-electron chi connectivity index (χ4n) is 2.82. The lowest BCUT2D eigenvalue weighted by Crippen LogP contribution is -2.47. The van der Waals surface area contributed by atoms with E-state index in [0.29, 0.717) is 24.9 Å². The second-order valence-electron chi connectivity index (χ2n) is 6.10. The lowest BCUT2D eigenvalue weighted by atomic mass is 9.96. The van der Waals surface area contributed by atoms with Gasteiger partial charge in [-0.25, -0.2) is 4.39 Å². The Bertz CT molecular complexity index is 618. The van der Waals surface area contributed by atoms with E-state index in [1.807, 2.05) is 0 Å². The van der Waals surface area contributed by atoms with Crippen molar-refractivity contribution < 1.29 is 23.9 Å². The SMILES string of the molecule is CC(CC(=O)O)NC(=O)C1CCCN(C(=O)c2ccc(F)cc2)C1. The van der Waals surface area contributed by atoms with Crippen LogP contribution in [-0.4, -0.2) is 46.9 Å². The van der Waals surface area contributed by atoms with Crippen LogP contribution in [0.1, 0.15) is 36.5 Å². The van der Waals surface area contributed by atoms with Crippen LogP contribution in [0.5, 0.6) is 0 Å². The first kappa shape index (κ1) is 17.9. The van der Waals surface area contributed by atoms with E-state index < -0.39 is 17.8 Å². The lowest BCUT2D eigenvalue weighted by molar-refractivity contribution is -0.137. The minimum atomic E-state index is -0.973. The molecular weight excluding hydrogens is 315 g/mol. The van der Waals surface area contributed by atoms with Crippen molar-refractivity contribution in [2.24, 2.45) is 5.92 Å². The first-order valence-corrected chi connectivity index (χ1v) is 7.94. The molecule has 1 aliphatic heterocycles. The monoisotopic (exact) mass is 336 g/mol. The molecule has 0 bridgehead atoms. The van der Waals surface area contributed by atoms with Gasteiger partial charge >= 0.3 is 5.97 Å². The van der Waals surface area contributed by atoms with E-state index >= 15 is 0 Å². The molecule has 0 saturated carbocycles. The van der Waals surface area contributed by atoms with Gasteiger partial charge in [0.15, 0.2) is 0 Å². The van der Waals surface area contributed by atoms with Gasteiger partial charge in [0.05, 0.1) is 12.3 Å². The molecule has 2 unspecified atom stereocenters. The van der Waals surface area contributed by atoms with Crippen molar-refractivity contribution in [3.63, 3.8) is 0 Å². The number of carbonyl (C=O) groups excluding carboxylic acids is 2. The zero-order valence-electron chi connectivity index (χ0n) is 13.5. The minimum absolute atomic E-state index is 0.142. The number of piperidine rings is 1. The van der Waals surface area contributed by atoms with Crippen molar-refractivity contribution in [1.82, 2.24) is 10.2 Å². The molecule has 0 aliphatic carbocycles. The number of aliphatic carboxylic acids is 1. The maximum absolute atomic E-state index is 13.0. The van der Waals surface area contributed by atoms with Crippen LogP contribution in [0, 0.1) is 11.7 Å². The van der Waals surface area contributed by atoms with Gasteiger partial charge in [0.2, 0.25) is 5.91 Å². The summed E-state index contributed by atoms with van der Waals surface area (Å²) in [6.45, 7) is 2.46. The van der Waals surface area contributed by atoms with Crippen molar-refractivity contribution in [3.8, 4) is 0 Å². The van der Waals surface area contributed by atoms with Crippen LogP contribution in [0.3, 0.4) is 0 Å². The highest BCUT2D eigenvalue weighted by Gasteiger charge is 2.29. The number of hydrogen-bond donors (Lipinski definition) is 2. The fourth-order valence-corrected chi connectivity index (χ4v) is 2.82. The number of carbonyl (C=O) groups is 3. The van der Waals surface area contributed by atoms with E-state index in [1.165, 1.54) is 24.3 Å². The highest BCUT2D eigenvalue weighted by Crippen LogP contribution is 2.19. The highest BCUT2D eigenvalue weighted by atomic mass is 19.1. The topological polar surface area (TPSA) is 86.7 Å². The average Bonchev–Trinajstić information content (AvgIpc) is 2.54. The second-order valence-corrected chi connectivity index (χ2v) is 6.10. The third-order valence-electron chi connectivity index (χ3n) is 4.04. The van der Waals surface area contributed by atoms with Crippen molar-refractivity contribution in [3.05, 3.63) is 35.6 Å². The average molecular weight is 336 g/mol. The van der Waals surface area contributed by atoms with Crippen LogP contribution in [-0.2, 0) is 9.59 Å². The van der Waals surface area contributed by atoms with Crippen molar-refractivity contribution in [2.75, 3.05) is 13.1 Å². The van der Waals surface area contributed by atoms with Crippen LogP contribution in [0.25, 0.3) is 0 Å². The first-order valence-electron chi connectivity index (χ1n) is 7.94. The smallest absolute Gasteiger partial charge is 0.305 e. The Morgan fingerprint density at radius 1 is 1.33 bits per heavy atom. The van der Waals surface area contributed by atoms with Crippen molar-refractivity contribution >= 4 is 17.8 Å². The van der Waals surface area contributed by atoms with Gasteiger partial charge in [-0.15, -0.1) is 0 Å². The molecule has 2 atom stereocenters. The van der Waals surface area contributed by atoms with E-state index in [9.17, 15) is 18.8 Å². The third-order valence-corrected chi connectivity index (χ3v) is 4.04. The molecule has 6 nitrogen and oxygen atoms in total.